The van der Waals surface area contributed by atoms with E-state index >= 15 is 0 Å². The number of unbranched alkanes of at least 4 members (excludes halogenated alkanes) is 2. The Hall–Kier alpha value is -0.240. The molecule has 0 aliphatic carbocycles. The van der Waals surface area contributed by atoms with Gasteiger partial charge in [-0.2, -0.15) is 11.8 Å². The van der Waals surface area contributed by atoms with Crippen molar-refractivity contribution in [3.05, 3.63) is 11.6 Å². The summed E-state index contributed by atoms with van der Waals surface area (Å²) in [5.41, 5.74) is 1.37. The van der Waals surface area contributed by atoms with Gasteiger partial charge in [0.05, 0.1) is 0 Å². The molecule has 0 bridgehead atoms. The second-order valence-corrected chi connectivity index (χ2v) is 6.88. The van der Waals surface area contributed by atoms with Crippen molar-refractivity contribution in [2.75, 3.05) is 5.75 Å². The van der Waals surface area contributed by atoms with Crippen LogP contribution in [-0.4, -0.2) is 16.8 Å². The van der Waals surface area contributed by atoms with Crippen LogP contribution in [0, 0.1) is 0 Å². The van der Waals surface area contributed by atoms with Crippen molar-refractivity contribution in [1.29, 1.82) is 0 Å². The van der Waals surface area contributed by atoms with Crippen LogP contribution in [0.4, 0.5) is 0 Å². The highest BCUT2D eigenvalue weighted by Crippen LogP contribution is 2.33. The maximum atomic E-state index is 10.8. The second-order valence-electron chi connectivity index (χ2n) is 5.20. The molecule has 2 heteroatoms. The Balaban J connectivity index is 4.05. The molecule has 100 valence electrons. The Labute approximate surface area is 111 Å². The van der Waals surface area contributed by atoms with Crippen LogP contribution in [-0.2, 0) is 4.79 Å². The number of thioether (sulfide) groups is 1. The van der Waals surface area contributed by atoms with Crippen LogP contribution < -0.4 is 0 Å². The summed E-state index contributed by atoms with van der Waals surface area (Å²) < 4.78 is 0.140. The van der Waals surface area contributed by atoms with E-state index in [4.69, 9.17) is 0 Å². The van der Waals surface area contributed by atoms with E-state index in [-0.39, 0.29) is 4.75 Å². The lowest BCUT2D eigenvalue weighted by molar-refractivity contribution is -0.108. The largest absolute Gasteiger partial charge is 0.303 e. The first-order valence-electron chi connectivity index (χ1n) is 6.75. The van der Waals surface area contributed by atoms with Crippen LogP contribution in [0.5, 0.6) is 0 Å². The van der Waals surface area contributed by atoms with Gasteiger partial charge in [-0.15, -0.1) is 0 Å². The Morgan fingerprint density at radius 1 is 1.29 bits per heavy atom. The lowest BCUT2D eigenvalue weighted by atomic mass is 10.0. The normalized spacial score (nSPS) is 14.1. The number of hydrogen-bond acceptors (Lipinski definition) is 2. The molecule has 0 saturated heterocycles. The molecule has 0 aromatic heterocycles. The van der Waals surface area contributed by atoms with Crippen molar-refractivity contribution >= 4 is 18.0 Å². The van der Waals surface area contributed by atoms with E-state index in [1.54, 1.807) is 0 Å². The molecule has 0 amide bonds. The smallest absolute Gasteiger partial charge is 0.121 e. The number of carbonyl (C=O) groups excluding carboxylic acids is 1. The van der Waals surface area contributed by atoms with Gasteiger partial charge in [-0.3, -0.25) is 0 Å². The average Bonchev–Trinajstić information content (AvgIpc) is 2.24. The van der Waals surface area contributed by atoms with Crippen molar-refractivity contribution in [2.45, 2.75) is 71.0 Å². The van der Waals surface area contributed by atoms with Crippen molar-refractivity contribution in [2.24, 2.45) is 0 Å². The Morgan fingerprint density at radius 2 is 2.00 bits per heavy atom. The highest BCUT2D eigenvalue weighted by Gasteiger charge is 2.23. The molecule has 1 atom stereocenters. The summed E-state index contributed by atoms with van der Waals surface area (Å²) in [7, 11) is 0. The fourth-order valence-electron chi connectivity index (χ4n) is 1.75. The quantitative estimate of drug-likeness (QED) is 0.311. The third-order valence-electron chi connectivity index (χ3n) is 2.94. The van der Waals surface area contributed by atoms with Gasteiger partial charge >= 0.3 is 0 Å². The highest BCUT2D eigenvalue weighted by atomic mass is 32.2. The van der Waals surface area contributed by atoms with Gasteiger partial charge in [0.2, 0.25) is 0 Å². The molecule has 0 heterocycles. The van der Waals surface area contributed by atoms with Gasteiger partial charge in [0, 0.05) is 11.2 Å². The number of allylic oxidation sites excluding steroid dienone is 2. The molecule has 0 aromatic carbocycles. The molecular weight excluding hydrogens is 228 g/mol. The lowest BCUT2D eigenvalue weighted by Crippen LogP contribution is -2.21. The average molecular weight is 256 g/mol. The molecular formula is C15H28OS. The van der Waals surface area contributed by atoms with Gasteiger partial charge in [0.15, 0.2) is 0 Å². The van der Waals surface area contributed by atoms with Gasteiger partial charge in [-0.25, -0.2) is 0 Å². The van der Waals surface area contributed by atoms with Crippen LogP contribution in [0.2, 0.25) is 0 Å². The molecule has 0 aliphatic rings. The molecule has 0 spiro atoms. The molecule has 0 aliphatic heterocycles. The Bertz CT molecular complexity index is 231. The van der Waals surface area contributed by atoms with Crippen LogP contribution in [0.15, 0.2) is 11.6 Å². The van der Waals surface area contributed by atoms with Crippen molar-refractivity contribution in [1.82, 2.24) is 0 Å². The lowest BCUT2D eigenvalue weighted by Gasteiger charge is -2.26. The summed E-state index contributed by atoms with van der Waals surface area (Å²) in [5.74, 6) is 1.19. The van der Waals surface area contributed by atoms with E-state index in [2.05, 4.69) is 33.8 Å². The maximum Gasteiger partial charge on any atom is 0.121 e. The predicted octanol–water partition coefficient (Wildman–Crippen LogP) is 5.00. The van der Waals surface area contributed by atoms with Gasteiger partial charge in [-0.1, -0.05) is 38.3 Å². The SMILES string of the molecule is CCCCCSC(C)(CC=O)CCC=C(C)C. The minimum absolute atomic E-state index is 0.140. The molecule has 0 N–H and O–H groups in total. The van der Waals surface area contributed by atoms with Crippen LogP contribution in [0.25, 0.3) is 0 Å². The van der Waals surface area contributed by atoms with Crippen LogP contribution >= 0.6 is 11.8 Å². The predicted molar refractivity (Wildman–Crippen MR) is 79.7 cm³/mol. The third kappa shape index (κ3) is 9.46. The summed E-state index contributed by atoms with van der Waals surface area (Å²) >= 11 is 1.98. The Kier molecular flexibility index (Phi) is 9.62. The first kappa shape index (κ1) is 16.8. The summed E-state index contributed by atoms with van der Waals surface area (Å²) in [6.07, 6.45) is 10.1. The molecule has 0 saturated carbocycles. The van der Waals surface area contributed by atoms with Crippen molar-refractivity contribution < 1.29 is 4.79 Å². The second kappa shape index (κ2) is 9.76. The van der Waals surface area contributed by atoms with E-state index < -0.39 is 0 Å². The summed E-state index contributed by atoms with van der Waals surface area (Å²) in [5, 5.41) is 0. The first-order chi connectivity index (χ1) is 8.04. The van der Waals surface area contributed by atoms with Crippen molar-refractivity contribution in [3.8, 4) is 0 Å². The van der Waals surface area contributed by atoms with E-state index in [9.17, 15) is 4.79 Å². The number of carbonyl (C=O) groups is 1. The first-order valence-corrected chi connectivity index (χ1v) is 7.73. The maximum absolute atomic E-state index is 10.8. The topological polar surface area (TPSA) is 17.1 Å². The zero-order valence-corrected chi connectivity index (χ0v) is 12.7. The zero-order chi connectivity index (χ0) is 13.1. The highest BCUT2D eigenvalue weighted by molar-refractivity contribution is 8.00. The standard InChI is InChI=1S/C15H28OS/c1-5-6-7-13-17-15(4,11-12-16)10-8-9-14(2)3/h9,12H,5-8,10-11,13H2,1-4H3. The number of aldehydes is 1. The van der Waals surface area contributed by atoms with Gasteiger partial charge in [0.1, 0.15) is 6.29 Å². The molecule has 1 nitrogen and oxygen atoms in total. The minimum Gasteiger partial charge on any atom is -0.303 e. The molecule has 17 heavy (non-hydrogen) atoms. The van der Waals surface area contributed by atoms with Crippen LogP contribution in [0.1, 0.15) is 66.2 Å². The van der Waals surface area contributed by atoms with E-state index in [0.717, 1.165) is 19.1 Å². The third-order valence-corrected chi connectivity index (χ3v) is 4.50. The molecule has 0 radical (unpaired) electrons. The number of hydrogen-bond donors (Lipinski definition) is 0. The van der Waals surface area contributed by atoms with Gasteiger partial charge in [-0.05, 0) is 38.9 Å². The van der Waals surface area contributed by atoms with E-state index in [1.165, 1.54) is 30.6 Å². The van der Waals surface area contributed by atoms with E-state index in [0.29, 0.717) is 6.42 Å². The van der Waals surface area contributed by atoms with Gasteiger partial charge in [0.25, 0.3) is 0 Å². The molecule has 1 unspecified atom stereocenters. The molecule has 0 aromatic rings. The summed E-state index contributed by atoms with van der Waals surface area (Å²) in [4.78, 5) is 10.8. The minimum atomic E-state index is 0.140. The van der Waals surface area contributed by atoms with E-state index in [1.807, 2.05) is 11.8 Å². The Morgan fingerprint density at radius 3 is 2.53 bits per heavy atom. The summed E-state index contributed by atoms with van der Waals surface area (Å²) in [6, 6.07) is 0. The number of rotatable bonds is 10. The zero-order valence-electron chi connectivity index (χ0n) is 11.9. The molecule has 0 fully saturated rings. The van der Waals surface area contributed by atoms with Gasteiger partial charge < -0.3 is 4.79 Å². The molecule has 0 rings (SSSR count). The fraction of sp³-hybridized carbons (Fsp3) is 0.800. The monoisotopic (exact) mass is 256 g/mol. The fourth-order valence-corrected chi connectivity index (χ4v) is 3.04. The van der Waals surface area contributed by atoms with Crippen LogP contribution in [0.3, 0.4) is 0 Å². The van der Waals surface area contributed by atoms with Crippen molar-refractivity contribution in [3.63, 3.8) is 0 Å². The summed E-state index contributed by atoms with van der Waals surface area (Å²) in [6.45, 7) is 8.72.